The lowest BCUT2D eigenvalue weighted by molar-refractivity contribution is 0.405. The first-order valence-electron chi connectivity index (χ1n) is 5.97. The van der Waals surface area contributed by atoms with Gasteiger partial charge in [0.1, 0.15) is 0 Å². The molecule has 0 radical (unpaired) electrons. The van der Waals surface area contributed by atoms with E-state index in [0.717, 1.165) is 13.1 Å². The molecule has 17 heavy (non-hydrogen) atoms. The third-order valence-electron chi connectivity index (χ3n) is 3.08. The van der Waals surface area contributed by atoms with Crippen molar-refractivity contribution in [3.63, 3.8) is 0 Å². The lowest BCUT2D eigenvalue weighted by atomic mass is 10.1. The molecule has 0 N–H and O–H groups in total. The Kier molecular flexibility index (Phi) is 2.66. The zero-order chi connectivity index (χ0) is 11.5. The van der Waals surface area contributed by atoms with Crippen molar-refractivity contribution in [2.45, 2.75) is 6.54 Å². The first-order valence-corrected chi connectivity index (χ1v) is 5.97. The van der Waals surface area contributed by atoms with Crippen molar-refractivity contribution >= 4 is 10.8 Å². The largest absolute Gasteiger partial charge is 0.369 e. The lowest BCUT2D eigenvalue weighted by Crippen LogP contribution is -2.17. The van der Waals surface area contributed by atoms with Crippen LogP contribution in [0.15, 0.2) is 66.9 Å². The average Bonchev–Trinajstić information content (AvgIpc) is 2.40. The topological polar surface area (TPSA) is 3.24 Å². The summed E-state index contributed by atoms with van der Waals surface area (Å²) in [7, 11) is 0. The Hall–Kier alpha value is -2.02. The molecule has 1 aliphatic heterocycles. The molecule has 1 nitrogen and oxygen atoms in total. The maximum absolute atomic E-state index is 2.31. The van der Waals surface area contributed by atoms with E-state index in [0.29, 0.717) is 0 Å². The highest BCUT2D eigenvalue weighted by molar-refractivity contribution is 5.82. The Bertz CT molecular complexity index is 581. The van der Waals surface area contributed by atoms with E-state index >= 15 is 0 Å². The number of hydrogen-bond acceptors (Lipinski definition) is 1. The molecule has 84 valence electrons. The number of benzene rings is 2. The van der Waals surface area contributed by atoms with Crippen LogP contribution in [0.1, 0.15) is 5.56 Å². The summed E-state index contributed by atoms with van der Waals surface area (Å²) in [4.78, 5) is 2.31. The molecule has 0 aromatic heterocycles. The molecule has 1 aliphatic rings. The number of hydrogen-bond donors (Lipinski definition) is 0. The van der Waals surface area contributed by atoms with Crippen molar-refractivity contribution in [1.29, 1.82) is 0 Å². The van der Waals surface area contributed by atoms with Crippen LogP contribution in [-0.2, 0) is 6.54 Å². The van der Waals surface area contributed by atoms with Crippen LogP contribution in [0.2, 0.25) is 0 Å². The second kappa shape index (κ2) is 4.46. The maximum atomic E-state index is 2.31. The Labute approximate surface area is 102 Å². The van der Waals surface area contributed by atoms with Crippen LogP contribution < -0.4 is 0 Å². The van der Waals surface area contributed by atoms with Gasteiger partial charge in [-0.05, 0) is 34.7 Å². The molecule has 0 amide bonds. The minimum Gasteiger partial charge on any atom is -0.369 e. The molecular formula is C16H15N. The molecule has 2 aromatic rings. The van der Waals surface area contributed by atoms with Crippen molar-refractivity contribution in [2.75, 3.05) is 6.54 Å². The van der Waals surface area contributed by atoms with Gasteiger partial charge in [-0.2, -0.15) is 0 Å². The van der Waals surface area contributed by atoms with Gasteiger partial charge in [-0.25, -0.2) is 0 Å². The second-order valence-corrected chi connectivity index (χ2v) is 4.38. The van der Waals surface area contributed by atoms with Gasteiger partial charge >= 0.3 is 0 Å². The van der Waals surface area contributed by atoms with Gasteiger partial charge < -0.3 is 4.90 Å². The smallest absolute Gasteiger partial charge is 0.0427 e. The highest BCUT2D eigenvalue weighted by atomic mass is 15.1. The molecular weight excluding hydrogens is 206 g/mol. The highest BCUT2D eigenvalue weighted by Crippen LogP contribution is 2.17. The Morgan fingerprint density at radius 2 is 1.82 bits per heavy atom. The van der Waals surface area contributed by atoms with Crippen LogP contribution in [0.3, 0.4) is 0 Å². The van der Waals surface area contributed by atoms with E-state index in [-0.39, 0.29) is 0 Å². The number of fused-ring (bicyclic) bond motifs is 1. The molecule has 3 rings (SSSR count). The van der Waals surface area contributed by atoms with Gasteiger partial charge in [-0.1, -0.05) is 48.6 Å². The monoisotopic (exact) mass is 221 g/mol. The summed E-state index contributed by atoms with van der Waals surface area (Å²) in [5, 5.41) is 2.63. The summed E-state index contributed by atoms with van der Waals surface area (Å²) < 4.78 is 0. The van der Waals surface area contributed by atoms with Gasteiger partial charge in [0.2, 0.25) is 0 Å². The average molecular weight is 221 g/mol. The standard InChI is InChI=1S/C16H15N/c1-4-10-17(11-5-1)13-14-8-9-15-6-2-3-7-16(15)12-14/h1-10,12H,11,13H2. The first-order chi connectivity index (χ1) is 8.42. The molecule has 0 bridgehead atoms. The normalized spacial score (nSPS) is 14.5. The SMILES string of the molecule is C1=CCN(Cc2ccc3ccccc3c2)C=C1. The van der Waals surface area contributed by atoms with E-state index in [2.05, 4.69) is 71.8 Å². The molecule has 1 heterocycles. The summed E-state index contributed by atoms with van der Waals surface area (Å²) in [6.45, 7) is 1.98. The maximum Gasteiger partial charge on any atom is 0.0427 e. The molecule has 0 saturated heterocycles. The zero-order valence-electron chi connectivity index (χ0n) is 9.71. The van der Waals surface area contributed by atoms with Gasteiger partial charge in [0.05, 0.1) is 0 Å². The molecule has 2 aromatic carbocycles. The van der Waals surface area contributed by atoms with Crippen molar-refractivity contribution in [3.05, 3.63) is 72.5 Å². The van der Waals surface area contributed by atoms with Gasteiger partial charge in [-0.3, -0.25) is 0 Å². The van der Waals surface area contributed by atoms with E-state index in [1.54, 1.807) is 0 Å². The molecule has 1 heteroatoms. The van der Waals surface area contributed by atoms with E-state index in [4.69, 9.17) is 0 Å². The predicted octanol–water partition coefficient (Wildman–Crippen LogP) is 3.73. The van der Waals surface area contributed by atoms with Crippen molar-refractivity contribution < 1.29 is 0 Å². The van der Waals surface area contributed by atoms with Gasteiger partial charge in [-0.15, -0.1) is 0 Å². The minimum atomic E-state index is 0.978. The fourth-order valence-corrected chi connectivity index (χ4v) is 2.20. The fraction of sp³-hybridized carbons (Fsp3) is 0.125. The Balaban J connectivity index is 1.85. The predicted molar refractivity (Wildman–Crippen MR) is 72.6 cm³/mol. The van der Waals surface area contributed by atoms with E-state index in [1.165, 1.54) is 16.3 Å². The number of allylic oxidation sites excluding steroid dienone is 2. The van der Waals surface area contributed by atoms with Gasteiger partial charge in [0.25, 0.3) is 0 Å². The molecule has 0 spiro atoms. The van der Waals surface area contributed by atoms with E-state index < -0.39 is 0 Å². The van der Waals surface area contributed by atoms with Crippen molar-refractivity contribution in [2.24, 2.45) is 0 Å². The van der Waals surface area contributed by atoms with Crippen LogP contribution >= 0.6 is 0 Å². The molecule has 0 unspecified atom stereocenters. The third-order valence-corrected chi connectivity index (χ3v) is 3.08. The molecule has 0 fully saturated rings. The van der Waals surface area contributed by atoms with Crippen LogP contribution in [0, 0.1) is 0 Å². The second-order valence-electron chi connectivity index (χ2n) is 4.38. The summed E-state index contributed by atoms with van der Waals surface area (Å²) in [5.41, 5.74) is 1.36. The van der Waals surface area contributed by atoms with Crippen LogP contribution in [-0.4, -0.2) is 11.4 Å². The van der Waals surface area contributed by atoms with Crippen molar-refractivity contribution in [3.8, 4) is 0 Å². The van der Waals surface area contributed by atoms with Gasteiger partial charge in [0.15, 0.2) is 0 Å². The minimum absolute atomic E-state index is 0.978. The zero-order valence-corrected chi connectivity index (χ0v) is 9.71. The summed E-state index contributed by atoms with van der Waals surface area (Å²) in [5.74, 6) is 0. The van der Waals surface area contributed by atoms with Gasteiger partial charge in [0, 0.05) is 13.1 Å². The number of rotatable bonds is 2. The fourth-order valence-electron chi connectivity index (χ4n) is 2.20. The van der Waals surface area contributed by atoms with Crippen LogP contribution in [0.25, 0.3) is 10.8 Å². The number of nitrogens with zero attached hydrogens (tertiary/aromatic N) is 1. The molecule has 0 aliphatic carbocycles. The Morgan fingerprint density at radius 1 is 0.941 bits per heavy atom. The first kappa shape index (κ1) is 10.2. The summed E-state index contributed by atoms with van der Waals surface area (Å²) in [6.07, 6.45) is 8.51. The lowest BCUT2D eigenvalue weighted by Gasteiger charge is -2.20. The molecule has 0 atom stereocenters. The Morgan fingerprint density at radius 3 is 2.65 bits per heavy atom. The molecule has 0 saturated carbocycles. The van der Waals surface area contributed by atoms with E-state index in [1.807, 2.05) is 0 Å². The van der Waals surface area contributed by atoms with E-state index in [9.17, 15) is 0 Å². The summed E-state index contributed by atoms with van der Waals surface area (Å²) >= 11 is 0. The van der Waals surface area contributed by atoms with Crippen molar-refractivity contribution in [1.82, 2.24) is 4.90 Å². The summed E-state index contributed by atoms with van der Waals surface area (Å²) in [6, 6.07) is 15.2. The van der Waals surface area contributed by atoms with Crippen LogP contribution in [0.4, 0.5) is 0 Å². The highest BCUT2D eigenvalue weighted by Gasteiger charge is 2.02. The van der Waals surface area contributed by atoms with Crippen LogP contribution in [0.5, 0.6) is 0 Å². The third kappa shape index (κ3) is 2.23. The quantitative estimate of drug-likeness (QED) is 0.747.